The lowest BCUT2D eigenvalue weighted by Gasteiger charge is -1.97. The zero-order valence-corrected chi connectivity index (χ0v) is 8.52. The summed E-state index contributed by atoms with van der Waals surface area (Å²) in [6.07, 6.45) is 0. The largest absolute Gasteiger partial charge is 0.478 e. The molecule has 3 nitrogen and oxygen atoms in total. The Labute approximate surface area is 88.7 Å². The highest BCUT2D eigenvalue weighted by Crippen LogP contribution is 2.34. The molecule has 1 aromatic carbocycles. The molecule has 0 saturated carbocycles. The molecule has 0 atom stereocenters. The summed E-state index contributed by atoms with van der Waals surface area (Å²) in [4.78, 5) is 10.8. The van der Waals surface area contributed by atoms with E-state index < -0.39 is 5.97 Å². The normalized spacial score (nSPS) is 10.6. The topological polar surface area (TPSA) is 63.3 Å². The molecule has 0 saturated heterocycles. The zero-order valence-electron chi connectivity index (χ0n) is 6.95. The second-order valence-corrected chi connectivity index (χ2v) is 4.12. The molecule has 2 aromatic rings. The first-order chi connectivity index (χ1) is 6.59. The van der Waals surface area contributed by atoms with E-state index >= 15 is 0 Å². The molecule has 72 valence electrons. The Morgan fingerprint density at radius 3 is 2.86 bits per heavy atom. The Bertz CT molecular complexity index is 521. The minimum atomic E-state index is -0.960. The maximum atomic E-state index is 10.8. The molecule has 0 aliphatic carbocycles. The SMILES string of the molecule is Nc1cc(Cl)c2scc(C(=O)O)c2c1. The summed E-state index contributed by atoms with van der Waals surface area (Å²) in [5.74, 6) is -0.960. The third kappa shape index (κ3) is 1.32. The van der Waals surface area contributed by atoms with Crippen LogP contribution in [-0.2, 0) is 0 Å². The van der Waals surface area contributed by atoms with Gasteiger partial charge in [-0.2, -0.15) is 0 Å². The lowest BCUT2D eigenvalue weighted by atomic mass is 10.1. The van der Waals surface area contributed by atoms with Crippen molar-refractivity contribution in [2.24, 2.45) is 0 Å². The Balaban J connectivity index is 2.85. The van der Waals surface area contributed by atoms with Gasteiger partial charge in [0.2, 0.25) is 0 Å². The second kappa shape index (κ2) is 3.15. The van der Waals surface area contributed by atoms with Gasteiger partial charge in [0.05, 0.1) is 15.3 Å². The number of rotatable bonds is 1. The zero-order chi connectivity index (χ0) is 10.3. The number of benzene rings is 1. The van der Waals surface area contributed by atoms with Gasteiger partial charge in [-0.15, -0.1) is 11.3 Å². The summed E-state index contributed by atoms with van der Waals surface area (Å²) in [6, 6.07) is 3.24. The number of fused-ring (bicyclic) bond motifs is 1. The molecule has 1 heterocycles. The Morgan fingerprint density at radius 2 is 2.21 bits per heavy atom. The van der Waals surface area contributed by atoms with Gasteiger partial charge in [-0.1, -0.05) is 11.6 Å². The fourth-order valence-corrected chi connectivity index (χ4v) is 2.57. The van der Waals surface area contributed by atoms with E-state index in [1.165, 1.54) is 11.3 Å². The fraction of sp³-hybridized carbons (Fsp3) is 0. The first-order valence-electron chi connectivity index (χ1n) is 3.79. The molecule has 0 fully saturated rings. The maximum Gasteiger partial charge on any atom is 0.337 e. The highest BCUT2D eigenvalue weighted by molar-refractivity contribution is 7.18. The summed E-state index contributed by atoms with van der Waals surface area (Å²) in [5, 5.41) is 11.5. The van der Waals surface area contributed by atoms with Crippen LogP contribution < -0.4 is 5.73 Å². The van der Waals surface area contributed by atoms with E-state index in [2.05, 4.69) is 0 Å². The van der Waals surface area contributed by atoms with Crippen LogP contribution in [-0.4, -0.2) is 11.1 Å². The van der Waals surface area contributed by atoms with Gasteiger partial charge in [-0.25, -0.2) is 4.79 Å². The van der Waals surface area contributed by atoms with Crippen LogP contribution in [0.25, 0.3) is 10.1 Å². The molecule has 0 aliphatic rings. The summed E-state index contributed by atoms with van der Waals surface area (Å²) >= 11 is 7.23. The van der Waals surface area contributed by atoms with Crippen molar-refractivity contribution < 1.29 is 9.90 Å². The van der Waals surface area contributed by atoms with Crippen LogP contribution in [0.4, 0.5) is 5.69 Å². The van der Waals surface area contributed by atoms with E-state index in [0.717, 1.165) is 4.70 Å². The number of carboxylic acids is 1. The number of anilines is 1. The van der Waals surface area contributed by atoms with Gasteiger partial charge >= 0.3 is 5.97 Å². The van der Waals surface area contributed by atoms with E-state index in [4.69, 9.17) is 22.4 Å². The van der Waals surface area contributed by atoms with Gasteiger partial charge in [-0.05, 0) is 12.1 Å². The van der Waals surface area contributed by atoms with Crippen LogP contribution in [0.5, 0.6) is 0 Å². The number of nitrogens with two attached hydrogens (primary N) is 1. The average molecular weight is 228 g/mol. The summed E-state index contributed by atoms with van der Waals surface area (Å²) in [5.41, 5.74) is 6.30. The predicted molar refractivity (Wildman–Crippen MR) is 58.2 cm³/mol. The van der Waals surface area contributed by atoms with Crippen LogP contribution in [0, 0.1) is 0 Å². The Kier molecular flexibility index (Phi) is 2.09. The maximum absolute atomic E-state index is 10.8. The van der Waals surface area contributed by atoms with E-state index in [0.29, 0.717) is 16.1 Å². The van der Waals surface area contributed by atoms with E-state index in [9.17, 15) is 4.79 Å². The molecule has 5 heteroatoms. The molecule has 0 unspecified atom stereocenters. The summed E-state index contributed by atoms with van der Waals surface area (Å²) < 4.78 is 0.762. The lowest BCUT2D eigenvalue weighted by Crippen LogP contribution is -1.94. The number of hydrogen-bond acceptors (Lipinski definition) is 3. The van der Waals surface area contributed by atoms with E-state index in [1.54, 1.807) is 17.5 Å². The molecule has 14 heavy (non-hydrogen) atoms. The number of carbonyl (C=O) groups is 1. The molecule has 2 rings (SSSR count). The Morgan fingerprint density at radius 1 is 1.50 bits per heavy atom. The molecule has 0 radical (unpaired) electrons. The van der Waals surface area contributed by atoms with Crippen molar-refractivity contribution in [2.45, 2.75) is 0 Å². The van der Waals surface area contributed by atoms with Gasteiger partial charge in [0, 0.05) is 16.5 Å². The third-order valence-electron chi connectivity index (χ3n) is 1.88. The fourth-order valence-electron chi connectivity index (χ4n) is 1.28. The van der Waals surface area contributed by atoms with Crippen molar-refractivity contribution in [3.63, 3.8) is 0 Å². The number of thiophene rings is 1. The van der Waals surface area contributed by atoms with Crippen LogP contribution in [0.3, 0.4) is 0 Å². The van der Waals surface area contributed by atoms with Gasteiger partial charge in [0.1, 0.15) is 0 Å². The van der Waals surface area contributed by atoms with Gasteiger partial charge in [0.15, 0.2) is 0 Å². The Hall–Kier alpha value is -1.26. The van der Waals surface area contributed by atoms with Crippen molar-refractivity contribution in [3.05, 3.63) is 28.1 Å². The number of nitrogen functional groups attached to an aromatic ring is 1. The molecule has 0 amide bonds. The van der Waals surface area contributed by atoms with E-state index in [1.807, 2.05) is 0 Å². The standard InChI is InChI=1S/C9H6ClNO2S/c10-7-2-4(11)1-5-6(9(12)13)3-14-8(5)7/h1-3H,11H2,(H,12,13). The minimum absolute atomic E-state index is 0.249. The number of hydrogen-bond donors (Lipinski definition) is 2. The van der Waals surface area contributed by atoms with Crippen molar-refractivity contribution in [2.75, 3.05) is 5.73 Å². The van der Waals surface area contributed by atoms with Crippen molar-refractivity contribution in [3.8, 4) is 0 Å². The predicted octanol–water partition coefficient (Wildman–Crippen LogP) is 2.84. The number of aromatic carboxylic acids is 1. The van der Waals surface area contributed by atoms with Gasteiger partial charge in [0.25, 0.3) is 0 Å². The second-order valence-electron chi connectivity index (χ2n) is 2.83. The average Bonchev–Trinajstić information content (AvgIpc) is 2.47. The van der Waals surface area contributed by atoms with Crippen LogP contribution in [0.15, 0.2) is 17.5 Å². The third-order valence-corrected chi connectivity index (χ3v) is 3.32. The molecule has 0 aliphatic heterocycles. The first-order valence-corrected chi connectivity index (χ1v) is 5.05. The van der Waals surface area contributed by atoms with Crippen LogP contribution in [0.2, 0.25) is 5.02 Å². The van der Waals surface area contributed by atoms with Crippen LogP contribution >= 0.6 is 22.9 Å². The lowest BCUT2D eigenvalue weighted by molar-refractivity contribution is 0.0699. The summed E-state index contributed by atoms with van der Waals surface area (Å²) in [7, 11) is 0. The highest BCUT2D eigenvalue weighted by atomic mass is 35.5. The first kappa shape index (κ1) is 9.30. The molecule has 0 bridgehead atoms. The van der Waals surface area contributed by atoms with E-state index in [-0.39, 0.29) is 5.56 Å². The minimum Gasteiger partial charge on any atom is -0.478 e. The number of halogens is 1. The monoisotopic (exact) mass is 227 g/mol. The smallest absolute Gasteiger partial charge is 0.337 e. The molecule has 0 spiro atoms. The van der Waals surface area contributed by atoms with Crippen molar-refractivity contribution in [1.82, 2.24) is 0 Å². The summed E-state index contributed by atoms with van der Waals surface area (Å²) in [6.45, 7) is 0. The van der Waals surface area contributed by atoms with Crippen molar-refractivity contribution >= 4 is 44.7 Å². The molecule has 3 N–H and O–H groups in total. The quantitative estimate of drug-likeness (QED) is 0.737. The van der Waals surface area contributed by atoms with Crippen LogP contribution in [0.1, 0.15) is 10.4 Å². The number of carboxylic acid groups (broad SMARTS) is 1. The van der Waals surface area contributed by atoms with Crippen molar-refractivity contribution in [1.29, 1.82) is 0 Å². The molecule has 1 aromatic heterocycles. The highest BCUT2D eigenvalue weighted by Gasteiger charge is 2.13. The molecular weight excluding hydrogens is 222 g/mol. The van der Waals surface area contributed by atoms with Gasteiger partial charge in [-0.3, -0.25) is 0 Å². The molecular formula is C9H6ClNO2S. The van der Waals surface area contributed by atoms with Gasteiger partial charge < -0.3 is 10.8 Å².